The van der Waals surface area contributed by atoms with Crippen LogP contribution in [-0.2, 0) is 23.7 Å². The van der Waals surface area contributed by atoms with Gasteiger partial charge in [-0.25, -0.2) is 19.2 Å². The molecule has 9 nitrogen and oxygen atoms in total. The third kappa shape index (κ3) is 7.14. The highest BCUT2D eigenvalue weighted by Crippen LogP contribution is 2.31. The van der Waals surface area contributed by atoms with Gasteiger partial charge in [0, 0.05) is 0 Å². The van der Waals surface area contributed by atoms with E-state index in [-0.39, 0.29) is 22.3 Å². The van der Waals surface area contributed by atoms with Crippen LogP contribution in [-0.4, -0.2) is 54.6 Å². The van der Waals surface area contributed by atoms with Crippen LogP contribution in [0.2, 0.25) is 0 Å². The standard InChI is InChI=1S/C34H28O9/c1-22-27(40-30(35)23-14-6-2-7-15-23)28(41-31(36)24-16-8-3-9-17-24)29(42-32(37)25-18-10-4-11-19-25)34(39-22)43-33(38)26-20-12-5-13-21-26/h2-22,27-29,34H,1H3/t22-,27-,28+,29-,34-/m0/s1. The molecule has 4 aromatic rings. The van der Waals surface area contributed by atoms with Crippen LogP contribution in [0.15, 0.2) is 121 Å². The number of benzene rings is 4. The quantitative estimate of drug-likeness (QED) is 0.203. The van der Waals surface area contributed by atoms with Crippen LogP contribution < -0.4 is 0 Å². The number of rotatable bonds is 8. The Labute approximate surface area is 247 Å². The highest BCUT2D eigenvalue weighted by Gasteiger charge is 2.53. The lowest BCUT2D eigenvalue weighted by Gasteiger charge is -2.43. The molecule has 4 aromatic carbocycles. The number of carbonyl (C=O) groups is 4. The first-order chi connectivity index (χ1) is 20.9. The van der Waals surface area contributed by atoms with Gasteiger partial charge in [0.25, 0.3) is 0 Å². The van der Waals surface area contributed by atoms with Gasteiger partial charge >= 0.3 is 23.9 Å². The molecule has 43 heavy (non-hydrogen) atoms. The summed E-state index contributed by atoms with van der Waals surface area (Å²) in [5, 5.41) is 0. The Kier molecular flexibility index (Phi) is 9.23. The minimum atomic E-state index is -1.52. The zero-order valence-corrected chi connectivity index (χ0v) is 23.1. The lowest BCUT2D eigenvalue weighted by atomic mass is 9.98. The smallest absolute Gasteiger partial charge is 0.340 e. The van der Waals surface area contributed by atoms with Gasteiger partial charge in [0.1, 0.15) is 0 Å². The molecule has 9 heteroatoms. The fourth-order valence-electron chi connectivity index (χ4n) is 4.54. The summed E-state index contributed by atoms with van der Waals surface area (Å²) in [7, 11) is 0. The largest absolute Gasteiger partial charge is 0.452 e. The summed E-state index contributed by atoms with van der Waals surface area (Å²) in [4.78, 5) is 52.8. The molecule has 5 atom stereocenters. The second kappa shape index (κ2) is 13.6. The fourth-order valence-corrected chi connectivity index (χ4v) is 4.54. The van der Waals surface area contributed by atoms with Crippen LogP contribution >= 0.6 is 0 Å². The van der Waals surface area contributed by atoms with Gasteiger partial charge in [-0.3, -0.25) is 0 Å². The summed E-state index contributed by atoms with van der Waals surface area (Å²) >= 11 is 0. The zero-order valence-electron chi connectivity index (χ0n) is 23.1. The molecule has 1 aliphatic heterocycles. The van der Waals surface area contributed by atoms with Crippen molar-refractivity contribution in [2.24, 2.45) is 0 Å². The molecule has 0 radical (unpaired) electrons. The summed E-state index contributed by atoms with van der Waals surface area (Å²) < 4.78 is 29.2. The van der Waals surface area contributed by atoms with Crippen LogP contribution in [0.3, 0.4) is 0 Å². The minimum Gasteiger partial charge on any atom is -0.452 e. The molecule has 0 aromatic heterocycles. The Morgan fingerprint density at radius 3 is 1.12 bits per heavy atom. The molecular weight excluding hydrogens is 552 g/mol. The van der Waals surface area contributed by atoms with Crippen LogP contribution in [0.4, 0.5) is 0 Å². The van der Waals surface area contributed by atoms with Crippen molar-refractivity contribution >= 4 is 23.9 Å². The van der Waals surface area contributed by atoms with Gasteiger partial charge in [-0.15, -0.1) is 0 Å². The highest BCUT2D eigenvalue weighted by molar-refractivity contribution is 5.92. The summed E-state index contributed by atoms with van der Waals surface area (Å²) in [6.45, 7) is 1.57. The average Bonchev–Trinajstić information content (AvgIpc) is 3.05. The van der Waals surface area contributed by atoms with E-state index in [9.17, 15) is 19.2 Å². The van der Waals surface area contributed by atoms with Gasteiger partial charge < -0.3 is 23.7 Å². The molecule has 218 valence electrons. The molecule has 0 saturated carbocycles. The van der Waals surface area contributed by atoms with E-state index in [2.05, 4.69) is 0 Å². The summed E-state index contributed by atoms with van der Waals surface area (Å²) in [6.07, 6.45) is -6.67. The molecule has 0 spiro atoms. The predicted molar refractivity (Wildman–Crippen MR) is 153 cm³/mol. The molecule has 0 bridgehead atoms. The van der Waals surface area contributed by atoms with Crippen molar-refractivity contribution in [1.29, 1.82) is 0 Å². The maximum Gasteiger partial charge on any atom is 0.340 e. The number of hydrogen-bond acceptors (Lipinski definition) is 9. The lowest BCUT2D eigenvalue weighted by molar-refractivity contribution is -0.274. The van der Waals surface area contributed by atoms with Gasteiger partial charge in [-0.2, -0.15) is 0 Å². The van der Waals surface area contributed by atoms with E-state index >= 15 is 0 Å². The summed E-state index contributed by atoms with van der Waals surface area (Å²) in [5.74, 6) is -3.03. The van der Waals surface area contributed by atoms with Gasteiger partial charge in [0.2, 0.25) is 12.4 Å². The SMILES string of the molecule is C[C@@H]1O[C@@H](OC(=O)c2ccccc2)[C@@H](OC(=O)c2ccccc2)[C@H](OC(=O)c2ccccc2)[C@H]1OC(=O)c1ccccc1. The molecule has 1 heterocycles. The van der Waals surface area contributed by atoms with E-state index in [4.69, 9.17) is 23.7 Å². The number of esters is 4. The first kappa shape index (κ1) is 29.2. The van der Waals surface area contributed by atoms with Crippen molar-refractivity contribution in [3.8, 4) is 0 Å². The number of ether oxygens (including phenoxy) is 5. The normalized spacial score (nSPS) is 21.2. The Bertz CT molecular complexity index is 1540. The monoisotopic (exact) mass is 580 g/mol. The van der Waals surface area contributed by atoms with Crippen molar-refractivity contribution in [1.82, 2.24) is 0 Å². The third-order valence-corrected chi connectivity index (χ3v) is 6.72. The first-order valence-electron chi connectivity index (χ1n) is 13.6. The summed E-state index contributed by atoms with van der Waals surface area (Å²) in [5.41, 5.74) is 0.876. The molecule has 1 aliphatic rings. The van der Waals surface area contributed by atoms with Crippen LogP contribution in [0.25, 0.3) is 0 Å². The van der Waals surface area contributed by atoms with Crippen molar-refractivity contribution in [3.05, 3.63) is 144 Å². The molecule has 1 saturated heterocycles. The Balaban J connectivity index is 1.51. The van der Waals surface area contributed by atoms with E-state index in [1.165, 1.54) is 12.1 Å². The predicted octanol–water partition coefficient (Wildman–Crippen LogP) is 5.27. The number of carbonyl (C=O) groups excluding carboxylic acids is 4. The second-order valence-electron chi connectivity index (χ2n) is 9.69. The third-order valence-electron chi connectivity index (χ3n) is 6.72. The highest BCUT2D eigenvalue weighted by atomic mass is 16.7. The number of hydrogen-bond donors (Lipinski definition) is 0. The van der Waals surface area contributed by atoms with Crippen molar-refractivity contribution < 1.29 is 42.9 Å². The molecule has 0 amide bonds. The van der Waals surface area contributed by atoms with Crippen LogP contribution in [0, 0.1) is 0 Å². The van der Waals surface area contributed by atoms with Gasteiger partial charge in [0.15, 0.2) is 12.2 Å². The summed E-state index contributed by atoms with van der Waals surface area (Å²) in [6, 6.07) is 32.7. The Morgan fingerprint density at radius 1 is 0.442 bits per heavy atom. The topological polar surface area (TPSA) is 114 Å². The van der Waals surface area contributed by atoms with E-state index < -0.39 is 54.6 Å². The fraction of sp³-hybridized carbons (Fsp3) is 0.176. The minimum absolute atomic E-state index is 0.195. The lowest BCUT2D eigenvalue weighted by Crippen LogP contribution is -2.61. The van der Waals surface area contributed by atoms with Crippen molar-refractivity contribution in [2.45, 2.75) is 37.6 Å². The van der Waals surface area contributed by atoms with Crippen molar-refractivity contribution in [2.75, 3.05) is 0 Å². The molecular formula is C34H28O9. The van der Waals surface area contributed by atoms with E-state index in [0.717, 1.165) is 0 Å². The second-order valence-corrected chi connectivity index (χ2v) is 9.69. The average molecular weight is 581 g/mol. The molecule has 0 unspecified atom stereocenters. The van der Waals surface area contributed by atoms with Gasteiger partial charge in [-0.1, -0.05) is 72.8 Å². The molecule has 1 fully saturated rings. The Morgan fingerprint density at radius 2 is 0.744 bits per heavy atom. The van der Waals surface area contributed by atoms with E-state index in [1.54, 1.807) is 116 Å². The van der Waals surface area contributed by atoms with Gasteiger partial charge in [-0.05, 0) is 55.5 Å². The molecule has 0 aliphatic carbocycles. The van der Waals surface area contributed by atoms with Gasteiger partial charge in [0.05, 0.1) is 28.4 Å². The zero-order chi connectivity index (χ0) is 30.2. The maximum atomic E-state index is 13.3. The van der Waals surface area contributed by atoms with Crippen LogP contribution in [0.5, 0.6) is 0 Å². The van der Waals surface area contributed by atoms with E-state index in [0.29, 0.717) is 0 Å². The van der Waals surface area contributed by atoms with Crippen molar-refractivity contribution in [3.63, 3.8) is 0 Å². The first-order valence-corrected chi connectivity index (χ1v) is 13.6. The van der Waals surface area contributed by atoms with Crippen LogP contribution in [0.1, 0.15) is 48.4 Å². The molecule has 5 rings (SSSR count). The maximum absolute atomic E-state index is 13.3. The Hall–Kier alpha value is -5.28. The molecule has 0 N–H and O–H groups in total. The van der Waals surface area contributed by atoms with E-state index in [1.807, 2.05) is 0 Å².